The van der Waals surface area contributed by atoms with Crippen molar-refractivity contribution in [2.45, 2.75) is 11.7 Å². The molecule has 0 saturated carbocycles. The standard InChI is InChI=1S/C14H13N5OS/c15-6-11-8-18-14(19-13(11)16)21-9-12(20)17-7-10-4-2-1-3-5-10/h1-5,8H,7,9H2,(H,17,20)(H2,16,18,19). The number of rotatable bonds is 5. The number of nitrogens with two attached hydrogens (primary N) is 1. The van der Waals surface area contributed by atoms with Gasteiger partial charge in [0.2, 0.25) is 5.91 Å². The van der Waals surface area contributed by atoms with E-state index in [1.165, 1.54) is 18.0 Å². The molecule has 106 valence electrons. The molecular formula is C14H13N5OS. The maximum absolute atomic E-state index is 11.7. The van der Waals surface area contributed by atoms with Crippen LogP contribution in [-0.2, 0) is 11.3 Å². The summed E-state index contributed by atoms with van der Waals surface area (Å²) in [7, 11) is 0. The van der Waals surface area contributed by atoms with E-state index in [1.54, 1.807) is 0 Å². The third kappa shape index (κ3) is 4.47. The minimum atomic E-state index is -0.115. The molecule has 2 aromatic rings. The van der Waals surface area contributed by atoms with Gasteiger partial charge in [-0.25, -0.2) is 9.97 Å². The molecule has 0 radical (unpaired) electrons. The summed E-state index contributed by atoms with van der Waals surface area (Å²) >= 11 is 1.17. The molecule has 0 saturated heterocycles. The van der Waals surface area contributed by atoms with Crippen molar-refractivity contribution in [3.8, 4) is 6.07 Å². The maximum atomic E-state index is 11.7. The predicted molar refractivity (Wildman–Crippen MR) is 80.2 cm³/mol. The molecular weight excluding hydrogens is 286 g/mol. The topological polar surface area (TPSA) is 105 Å². The molecule has 7 heteroatoms. The van der Waals surface area contributed by atoms with Crippen molar-refractivity contribution in [3.05, 3.63) is 47.7 Å². The van der Waals surface area contributed by atoms with E-state index in [0.717, 1.165) is 5.56 Å². The van der Waals surface area contributed by atoms with Gasteiger partial charge in [-0.2, -0.15) is 5.26 Å². The lowest BCUT2D eigenvalue weighted by Gasteiger charge is -2.05. The van der Waals surface area contributed by atoms with Crippen LogP contribution in [0.2, 0.25) is 0 Å². The van der Waals surface area contributed by atoms with E-state index in [1.807, 2.05) is 36.4 Å². The van der Waals surface area contributed by atoms with Crippen molar-refractivity contribution in [2.24, 2.45) is 0 Å². The summed E-state index contributed by atoms with van der Waals surface area (Å²) in [6.45, 7) is 0.483. The number of thioether (sulfide) groups is 1. The van der Waals surface area contributed by atoms with E-state index in [9.17, 15) is 4.79 Å². The molecule has 1 heterocycles. The lowest BCUT2D eigenvalue weighted by Crippen LogP contribution is -2.24. The third-order valence-electron chi connectivity index (χ3n) is 2.58. The molecule has 0 aliphatic rings. The molecule has 1 aromatic heterocycles. The Kier molecular flexibility index (Phi) is 5.12. The van der Waals surface area contributed by atoms with Gasteiger partial charge in [0.25, 0.3) is 0 Å². The van der Waals surface area contributed by atoms with Crippen LogP contribution in [0.5, 0.6) is 0 Å². The van der Waals surface area contributed by atoms with Gasteiger partial charge >= 0.3 is 0 Å². The molecule has 0 spiro atoms. The maximum Gasteiger partial charge on any atom is 0.230 e. The number of nitrogens with zero attached hydrogens (tertiary/aromatic N) is 3. The Morgan fingerprint density at radius 2 is 2.14 bits per heavy atom. The lowest BCUT2D eigenvalue weighted by molar-refractivity contribution is -0.118. The number of amides is 1. The number of nitrogens with one attached hydrogen (secondary N) is 1. The second-order valence-corrected chi connectivity index (χ2v) is 5.06. The Morgan fingerprint density at radius 3 is 2.81 bits per heavy atom. The number of benzene rings is 1. The number of hydrogen-bond acceptors (Lipinski definition) is 6. The SMILES string of the molecule is N#Cc1cnc(SCC(=O)NCc2ccccc2)nc1N. The molecule has 21 heavy (non-hydrogen) atoms. The van der Waals surface area contributed by atoms with E-state index in [4.69, 9.17) is 11.0 Å². The van der Waals surface area contributed by atoms with Crippen LogP contribution in [0.4, 0.5) is 5.82 Å². The van der Waals surface area contributed by atoms with Crippen LogP contribution < -0.4 is 11.1 Å². The quantitative estimate of drug-likeness (QED) is 0.637. The summed E-state index contributed by atoms with van der Waals surface area (Å²) in [6, 6.07) is 11.5. The normalized spacial score (nSPS) is 9.86. The first-order chi connectivity index (χ1) is 10.2. The highest BCUT2D eigenvalue weighted by atomic mass is 32.2. The molecule has 0 bridgehead atoms. The van der Waals surface area contributed by atoms with Crippen molar-refractivity contribution in [3.63, 3.8) is 0 Å². The van der Waals surface area contributed by atoms with E-state index in [0.29, 0.717) is 11.7 Å². The van der Waals surface area contributed by atoms with Crippen LogP contribution in [-0.4, -0.2) is 21.6 Å². The number of anilines is 1. The van der Waals surface area contributed by atoms with E-state index in [2.05, 4.69) is 15.3 Å². The zero-order valence-corrected chi connectivity index (χ0v) is 11.9. The highest BCUT2D eigenvalue weighted by Gasteiger charge is 2.07. The highest BCUT2D eigenvalue weighted by Crippen LogP contribution is 2.15. The van der Waals surface area contributed by atoms with Crippen molar-refractivity contribution in [1.29, 1.82) is 5.26 Å². The monoisotopic (exact) mass is 299 g/mol. The van der Waals surface area contributed by atoms with Crippen LogP contribution in [0, 0.1) is 11.3 Å². The predicted octanol–water partition coefficient (Wildman–Crippen LogP) is 1.34. The Balaban J connectivity index is 1.81. The molecule has 0 aliphatic carbocycles. The lowest BCUT2D eigenvalue weighted by atomic mass is 10.2. The first-order valence-electron chi connectivity index (χ1n) is 6.15. The van der Waals surface area contributed by atoms with Gasteiger partial charge in [0, 0.05) is 6.54 Å². The van der Waals surface area contributed by atoms with Crippen LogP contribution in [0.25, 0.3) is 0 Å². The average Bonchev–Trinajstić information content (AvgIpc) is 2.52. The number of hydrogen-bond donors (Lipinski definition) is 2. The molecule has 0 unspecified atom stereocenters. The smallest absolute Gasteiger partial charge is 0.230 e. The summed E-state index contributed by atoms with van der Waals surface area (Å²) in [5, 5.41) is 11.9. The number of nitrogen functional groups attached to an aromatic ring is 1. The Labute approximate surface area is 126 Å². The van der Waals surface area contributed by atoms with E-state index >= 15 is 0 Å². The van der Waals surface area contributed by atoms with Crippen LogP contribution in [0.15, 0.2) is 41.7 Å². The van der Waals surface area contributed by atoms with E-state index in [-0.39, 0.29) is 23.0 Å². The molecule has 2 rings (SSSR count). The highest BCUT2D eigenvalue weighted by molar-refractivity contribution is 7.99. The molecule has 0 atom stereocenters. The first-order valence-corrected chi connectivity index (χ1v) is 7.13. The molecule has 3 N–H and O–H groups in total. The van der Waals surface area contributed by atoms with Gasteiger partial charge in [-0.05, 0) is 5.56 Å². The van der Waals surface area contributed by atoms with Gasteiger partial charge in [-0.1, -0.05) is 42.1 Å². The van der Waals surface area contributed by atoms with Gasteiger partial charge in [0.1, 0.15) is 17.5 Å². The summed E-state index contributed by atoms with van der Waals surface area (Å²) in [5.41, 5.74) is 6.85. The van der Waals surface area contributed by atoms with E-state index < -0.39 is 0 Å². The molecule has 6 nitrogen and oxygen atoms in total. The number of aromatic nitrogens is 2. The molecule has 0 fully saturated rings. The van der Waals surface area contributed by atoms with Crippen molar-refractivity contribution in [2.75, 3.05) is 11.5 Å². The second kappa shape index (κ2) is 7.26. The fourth-order valence-electron chi connectivity index (χ4n) is 1.51. The van der Waals surface area contributed by atoms with Gasteiger partial charge < -0.3 is 11.1 Å². The van der Waals surface area contributed by atoms with Crippen molar-refractivity contribution < 1.29 is 4.79 Å². The van der Waals surface area contributed by atoms with Gasteiger partial charge in [0.15, 0.2) is 5.16 Å². The van der Waals surface area contributed by atoms with Crippen molar-refractivity contribution in [1.82, 2.24) is 15.3 Å². The molecule has 0 aliphatic heterocycles. The summed E-state index contributed by atoms with van der Waals surface area (Å²) < 4.78 is 0. The van der Waals surface area contributed by atoms with Crippen LogP contribution in [0.3, 0.4) is 0 Å². The Morgan fingerprint density at radius 1 is 1.38 bits per heavy atom. The summed E-state index contributed by atoms with van der Waals surface area (Å²) in [5.74, 6) is 0.202. The zero-order chi connectivity index (χ0) is 15.1. The second-order valence-electron chi connectivity index (χ2n) is 4.11. The average molecular weight is 299 g/mol. The van der Waals surface area contributed by atoms with Gasteiger partial charge in [-0.3, -0.25) is 4.79 Å². The van der Waals surface area contributed by atoms with Crippen molar-refractivity contribution >= 4 is 23.5 Å². The van der Waals surface area contributed by atoms with Gasteiger partial charge in [-0.15, -0.1) is 0 Å². The Bertz CT molecular complexity index is 669. The number of carbonyl (C=O) groups excluding carboxylic acids is 1. The number of nitriles is 1. The largest absolute Gasteiger partial charge is 0.382 e. The zero-order valence-electron chi connectivity index (χ0n) is 11.1. The minimum absolute atomic E-state index is 0.115. The third-order valence-corrected chi connectivity index (χ3v) is 3.44. The Hall–Kier alpha value is -2.59. The van der Waals surface area contributed by atoms with Crippen LogP contribution >= 0.6 is 11.8 Å². The fourth-order valence-corrected chi connectivity index (χ4v) is 2.16. The van der Waals surface area contributed by atoms with Gasteiger partial charge in [0.05, 0.1) is 11.9 Å². The van der Waals surface area contributed by atoms with Crippen LogP contribution in [0.1, 0.15) is 11.1 Å². The minimum Gasteiger partial charge on any atom is -0.382 e. The summed E-state index contributed by atoms with van der Waals surface area (Å²) in [6.07, 6.45) is 1.35. The molecule has 1 amide bonds. The molecule has 1 aromatic carbocycles. The summed E-state index contributed by atoms with van der Waals surface area (Å²) in [4.78, 5) is 19.7. The number of carbonyl (C=O) groups is 1. The fraction of sp³-hybridized carbons (Fsp3) is 0.143. The first kappa shape index (κ1) is 14.8.